The molecule has 0 spiro atoms. The number of ether oxygens (including phenoxy) is 1. The van der Waals surface area contributed by atoms with E-state index in [0.717, 1.165) is 5.39 Å². The smallest absolute Gasteiger partial charge is 0.269 e. The van der Waals surface area contributed by atoms with Gasteiger partial charge in [-0.1, -0.05) is 24.3 Å². The number of amides is 2. The number of fused-ring (bicyclic) bond motifs is 1. The molecule has 0 radical (unpaired) electrons. The third-order valence-electron chi connectivity index (χ3n) is 5.84. The van der Waals surface area contributed by atoms with E-state index < -0.39 is 32.7 Å². The van der Waals surface area contributed by atoms with Gasteiger partial charge in [-0.3, -0.25) is 19.7 Å². The fraction of sp³-hybridized carbons (Fsp3) is 0.280. The van der Waals surface area contributed by atoms with Crippen LogP contribution >= 0.6 is 0 Å². The predicted octanol–water partition coefficient (Wildman–Crippen LogP) is 3.29. The van der Waals surface area contributed by atoms with Crippen molar-refractivity contribution in [2.45, 2.75) is 25.2 Å². The lowest BCUT2D eigenvalue weighted by molar-refractivity contribution is -0.384. The lowest BCUT2D eigenvalue weighted by Gasteiger charge is -2.24. The largest absolute Gasteiger partial charge is 0.497 e. The van der Waals surface area contributed by atoms with Crippen molar-refractivity contribution in [1.29, 1.82) is 0 Å². The monoisotopic (exact) mass is 513 g/mol. The molecular weight excluding hydrogens is 486 g/mol. The molecule has 3 aromatic rings. The molecule has 11 heteroatoms. The molecule has 0 saturated heterocycles. The molecule has 3 rings (SSSR count). The van der Waals surface area contributed by atoms with Gasteiger partial charge in [-0.05, 0) is 60.9 Å². The van der Waals surface area contributed by atoms with Crippen LogP contribution < -0.4 is 9.46 Å². The van der Waals surface area contributed by atoms with Gasteiger partial charge in [-0.15, -0.1) is 0 Å². The van der Waals surface area contributed by atoms with Gasteiger partial charge in [0.1, 0.15) is 11.7 Å². The van der Waals surface area contributed by atoms with Crippen molar-refractivity contribution in [3.8, 4) is 5.75 Å². The number of methoxy groups -OCH3 is 1. The second kappa shape index (κ2) is 11.2. The van der Waals surface area contributed by atoms with Gasteiger partial charge >= 0.3 is 0 Å². The lowest BCUT2D eigenvalue weighted by Crippen LogP contribution is -2.46. The third kappa shape index (κ3) is 5.98. The summed E-state index contributed by atoms with van der Waals surface area (Å²) < 4.78 is 33.4. The summed E-state index contributed by atoms with van der Waals surface area (Å²) in [4.78, 5) is 38.0. The number of hydrogen-bond donors (Lipinski definition) is 1. The van der Waals surface area contributed by atoms with E-state index in [1.165, 1.54) is 48.4 Å². The van der Waals surface area contributed by atoms with Gasteiger partial charge in [0, 0.05) is 25.2 Å². The normalized spacial score (nSPS) is 12.1. The van der Waals surface area contributed by atoms with Crippen LogP contribution in [0.1, 0.15) is 19.4 Å². The number of sulfonamides is 1. The van der Waals surface area contributed by atoms with Crippen LogP contribution in [-0.4, -0.2) is 50.3 Å². The topological polar surface area (TPSA) is 136 Å². The summed E-state index contributed by atoms with van der Waals surface area (Å²) in [5.41, 5.74) is 0.349. The van der Waals surface area contributed by atoms with Crippen molar-refractivity contribution in [2.24, 2.45) is 5.92 Å². The quantitative estimate of drug-likeness (QED) is 0.250. The zero-order valence-corrected chi connectivity index (χ0v) is 20.9. The SMILES string of the molecule is CCN(CC)C(=O)C(Cc1ccc([N+](=O)[O-])cc1)C(=O)NS(=O)(=O)c1ccc2ccc(OC)cc2c1. The number of nitro groups is 1. The van der Waals surface area contributed by atoms with Gasteiger partial charge in [-0.25, -0.2) is 13.1 Å². The molecule has 10 nitrogen and oxygen atoms in total. The summed E-state index contributed by atoms with van der Waals surface area (Å²) in [5, 5.41) is 12.3. The summed E-state index contributed by atoms with van der Waals surface area (Å²) in [6.07, 6.45) is -0.121. The van der Waals surface area contributed by atoms with Gasteiger partial charge in [0.15, 0.2) is 0 Å². The van der Waals surface area contributed by atoms with E-state index in [0.29, 0.717) is 29.8 Å². The summed E-state index contributed by atoms with van der Waals surface area (Å²) in [7, 11) is -2.80. The molecule has 36 heavy (non-hydrogen) atoms. The molecule has 3 aromatic carbocycles. The first-order chi connectivity index (χ1) is 17.1. The van der Waals surface area contributed by atoms with Crippen LogP contribution in [0.5, 0.6) is 5.75 Å². The maximum atomic E-state index is 13.2. The second-order valence-corrected chi connectivity index (χ2v) is 9.72. The highest BCUT2D eigenvalue weighted by Crippen LogP contribution is 2.24. The van der Waals surface area contributed by atoms with Gasteiger partial charge in [0.25, 0.3) is 15.7 Å². The summed E-state index contributed by atoms with van der Waals surface area (Å²) >= 11 is 0. The van der Waals surface area contributed by atoms with Crippen molar-refractivity contribution in [1.82, 2.24) is 9.62 Å². The molecule has 0 saturated carbocycles. The first-order valence-electron chi connectivity index (χ1n) is 11.3. The molecule has 0 aliphatic rings. The fourth-order valence-corrected chi connectivity index (χ4v) is 4.85. The molecule has 0 bridgehead atoms. The number of nitrogens with one attached hydrogen (secondary N) is 1. The molecule has 2 amide bonds. The van der Waals surface area contributed by atoms with Crippen molar-refractivity contribution >= 4 is 38.3 Å². The van der Waals surface area contributed by atoms with Gasteiger partial charge < -0.3 is 9.64 Å². The minimum Gasteiger partial charge on any atom is -0.497 e. The fourth-order valence-electron chi connectivity index (χ4n) is 3.80. The van der Waals surface area contributed by atoms with E-state index in [2.05, 4.69) is 0 Å². The highest BCUT2D eigenvalue weighted by molar-refractivity contribution is 7.90. The first-order valence-corrected chi connectivity index (χ1v) is 12.7. The maximum Gasteiger partial charge on any atom is 0.269 e. The van der Waals surface area contributed by atoms with E-state index >= 15 is 0 Å². The number of non-ortho nitro benzene ring substituents is 1. The van der Waals surface area contributed by atoms with E-state index in [9.17, 15) is 28.1 Å². The summed E-state index contributed by atoms with van der Waals surface area (Å²) in [6.45, 7) is 4.17. The van der Waals surface area contributed by atoms with E-state index in [1.807, 2.05) is 4.72 Å². The molecule has 1 atom stereocenters. The Bertz CT molecular complexity index is 1380. The van der Waals surface area contributed by atoms with E-state index in [4.69, 9.17) is 4.74 Å². The van der Waals surface area contributed by atoms with E-state index in [-0.39, 0.29) is 17.0 Å². The Hall–Kier alpha value is -3.99. The molecule has 0 aliphatic carbocycles. The third-order valence-corrected chi connectivity index (χ3v) is 7.19. The van der Waals surface area contributed by atoms with Crippen molar-refractivity contribution < 1.29 is 27.7 Å². The molecule has 190 valence electrons. The number of hydrogen-bond acceptors (Lipinski definition) is 7. The number of carbonyl (C=O) groups is 2. The van der Waals surface area contributed by atoms with Crippen LogP contribution in [-0.2, 0) is 26.0 Å². The van der Waals surface area contributed by atoms with Crippen LogP contribution in [0.25, 0.3) is 10.8 Å². The molecule has 0 aromatic heterocycles. The highest BCUT2D eigenvalue weighted by Gasteiger charge is 2.33. The average molecular weight is 514 g/mol. The van der Waals surface area contributed by atoms with Crippen LogP contribution in [0.2, 0.25) is 0 Å². The molecular formula is C25H27N3O7S. The molecule has 1 N–H and O–H groups in total. The highest BCUT2D eigenvalue weighted by atomic mass is 32.2. The van der Waals surface area contributed by atoms with Crippen LogP contribution in [0, 0.1) is 16.0 Å². The Kier molecular flexibility index (Phi) is 8.25. The van der Waals surface area contributed by atoms with Gasteiger partial charge in [0.05, 0.1) is 16.9 Å². The Balaban J connectivity index is 1.91. The van der Waals surface area contributed by atoms with Gasteiger partial charge in [-0.2, -0.15) is 0 Å². The van der Waals surface area contributed by atoms with Crippen LogP contribution in [0.3, 0.4) is 0 Å². The number of carbonyl (C=O) groups excluding carboxylic acids is 2. The van der Waals surface area contributed by atoms with Crippen LogP contribution in [0.15, 0.2) is 65.6 Å². The second-order valence-electron chi connectivity index (χ2n) is 8.04. The molecule has 1 unspecified atom stereocenters. The predicted molar refractivity (Wildman–Crippen MR) is 134 cm³/mol. The zero-order chi connectivity index (χ0) is 26.5. The summed E-state index contributed by atoms with van der Waals surface area (Å²) in [5.74, 6) is -2.30. The Morgan fingerprint density at radius 1 is 1.00 bits per heavy atom. The van der Waals surface area contributed by atoms with Crippen LogP contribution in [0.4, 0.5) is 5.69 Å². The molecule has 0 fully saturated rings. The minimum atomic E-state index is -4.30. The maximum absolute atomic E-state index is 13.2. The lowest BCUT2D eigenvalue weighted by atomic mass is 9.97. The Morgan fingerprint density at radius 2 is 1.64 bits per heavy atom. The van der Waals surface area contributed by atoms with Crippen molar-refractivity contribution in [3.63, 3.8) is 0 Å². The average Bonchev–Trinajstić information content (AvgIpc) is 2.87. The van der Waals surface area contributed by atoms with Gasteiger partial charge in [0.2, 0.25) is 11.8 Å². The Morgan fingerprint density at radius 3 is 2.22 bits per heavy atom. The molecule has 0 heterocycles. The standard InChI is InChI=1S/C25H27N3O7S/c1-4-27(5-2)25(30)23(14-17-6-10-20(11-7-17)28(31)32)24(29)26-36(33,34)22-13-9-18-8-12-21(35-3)15-19(18)16-22/h6-13,15-16,23H,4-5,14H2,1-3H3,(H,26,29). The minimum absolute atomic E-state index is 0.121. The van der Waals surface area contributed by atoms with Crippen molar-refractivity contribution in [3.05, 3.63) is 76.3 Å². The van der Waals surface area contributed by atoms with Crippen molar-refractivity contribution in [2.75, 3.05) is 20.2 Å². The van der Waals surface area contributed by atoms with E-state index in [1.54, 1.807) is 38.1 Å². The zero-order valence-electron chi connectivity index (χ0n) is 20.1. The number of benzene rings is 3. The number of nitro benzene ring substituents is 1. The molecule has 0 aliphatic heterocycles. The summed E-state index contributed by atoms with van der Waals surface area (Å²) in [6, 6.07) is 15.1. The number of nitrogens with zero attached hydrogens (tertiary/aromatic N) is 2. The number of rotatable bonds is 10. The first kappa shape index (κ1) is 26.6. The Labute approximate surface area is 209 Å².